The Bertz CT molecular complexity index is 2190. The molecule has 26 heteroatoms. The van der Waals surface area contributed by atoms with Crippen LogP contribution in [-0.2, 0) is 45.4 Å². The normalized spacial score (nSPS) is 13.3. The van der Waals surface area contributed by atoms with Crippen molar-refractivity contribution < 1.29 is 71.7 Å². The van der Waals surface area contributed by atoms with Gasteiger partial charge in [0.25, 0.3) is 23.9 Å². The van der Waals surface area contributed by atoms with Crippen LogP contribution in [0.2, 0.25) is 0 Å². The highest BCUT2D eigenvalue weighted by atomic mass is 35.6. The van der Waals surface area contributed by atoms with Crippen molar-refractivity contribution in [2.24, 2.45) is 0 Å². The number of carboxylic acid groups (broad SMARTS) is 4. The predicted molar refractivity (Wildman–Crippen MR) is 327 cm³/mol. The minimum Gasteiger partial charge on any atom is -0.481 e. The Morgan fingerprint density at radius 1 is 0.388 bits per heavy atom. The molecule has 0 fully saturated rings. The van der Waals surface area contributed by atoms with Gasteiger partial charge < -0.3 is 73.8 Å². The van der Waals surface area contributed by atoms with Crippen molar-refractivity contribution in [2.75, 3.05) is 78.7 Å². The van der Waals surface area contributed by atoms with Crippen LogP contribution in [0.1, 0.15) is 49.9 Å². The second kappa shape index (κ2) is 48.1. The second-order valence-electron chi connectivity index (χ2n) is 16.5. The van der Waals surface area contributed by atoms with E-state index in [0.29, 0.717) is 13.1 Å². The minimum absolute atomic E-state index is 0. The van der Waals surface area contributed by atoms with Crippen molar-refractivity contribution in [3.8, 4) is 0 Å². The van der Waals surface area contributed by atoms with Crippen LogP contribution in [0, 0.1) is 0 Å². The number of benzene rings is 6. The summed E-state index contributed by atoms with van der Waals surface area (Å²) in [5, 5.41) is 74.9. The van der Waals surface area contributed by atoms with Crippen LogP contribution in [0.3, 0.4) is 0 Å². The number of rotatable bonds is 4. The molecule has 6 aromatic carbocycles. The summed E-state index contributed by atoms with van der Waals surface area (Å²) in [4.78, 5) is 40.7. The van der Waals surface area contributed by atoms with Gasteiger partial charge in [0.15, 0.2) is 8.59 Å². The molecule has 1 aliphatic heterocycles. The van der Waals surface area contributed by atoms with Crippen molar-refractivity contribution in [1.29, 1.82) is 0 Å². The summed E-state index contributed by atoms with van der Waals surface area (Å²) in [5.41, 5.74) is 5.33. The number of nitrogens with one attached hydrogen (secondary N) is 4. The van der Waals surface area contributed by atoms with Crippen LogP contribution < -0.4 is 21.3 Å². The SMILES string of the molecule is CC(=O)O.CC(=O)O.CC(=O)O.CC(=O)O.ClC(Cl)Cl.ClC(Cl)Cl.O.O.O.O.OCCN1CCNCc2c3ccccc3c(c3ccccc23)CNCCN(CCO)CCNCc2c3ccccc3c(c3ccccc23)CNCC1. The lowest BCUT2D eigenvalue weighted by molar-refractivity contribution is -0.135. The molecule has 0 amide bonds. The number of carboxylic acids is 4. The molecule has 1 heterocycles. The summed E-state index contributed by atoms with van der Waals surface area (Å²) in [7, 11) is 0. The fourth-order valence-electron chi connectivity index (χ4n) is 8.14. The molecule has 0 spiro atoms. The van der Waals surface area contributed by atoms with Crippen molar-refractivity contribution in [1.82, 2.24) is 31.1 Å². The number of fused-ring (bicyclic) bond motifs is 6. The monoisotopic (exact) mass is 1250 g/mol. The van der Waals surface area contributed by atoms with Gasteiger partial charge in [-0.15, -0.1) is 0 Å². The van der Waals surface area contributed by atoms with Crippen LogP contribution in [0.4, 0.5) is 0 Å². The average Bonchev–Trinajstić information content (AvgIpc) is 3.33. The highest BCUT2D eigenvalue weighted by Crippen LogP contribution is 2.34. The van der Waals surface area contributed by atoms with Crippen molar-refractivity contribution in [3.05, 3.63) is 119 Å². The maximum atomic E-state index is 9.91. The Labute approximate surface area is 497 Å². The molecule has 0 aromatic heterocycles. The predicted octanol–water partition coefficient (Wildman–Crippen LogP) is 6.00. The van der Waals surface area contributed by atoms with Crippen LogP contribution >= 0.6 is 69.6 Å². The third kappa shape index (κ3) is 34.7. The number of alkyl halides is 6. The summed E-state index contributed by atoms with van der Waals surface area (Å²) >= 11 is 28.8. The number of β-amino-alcohol motifs (C(OH)–C–C–N with tert-alkyl or cyclic N) is 2. The van der Waals surface area contributed by atoms with E-state index >= 15 is 0 Å². The fourth-order valence-corrected chi connectivity index (χ4v) is 8.14. The molecule has 6 aromatic rings. The maximum Gasteiger partial charge on any atom is 0.300 e. The van der Waals surface area contributed by atoms with E-state index in [-0.39, 0.29) is 35.1 Å². The maximum absolute atomic E-state index is 9.91. The largest absolute Gasteiger partial charge is 0.481 e. The number of carbonyl (C=O) groups is 4. The van der Waals surface area contributed by atoms with Crippen LogP contribution in [0.15, 0.2) is 97.1 Å². The first kappa shape index (κ1) is 82.0. The summed E-state index contributed by atoms with van der Waals surface area (Å²) in [6.45, 7) is 15.8. The van der Waals surface area contributed by atoms with Crippen LogP contribution in [0.5, 0.6) is 0 Å². The molecule has 0 saturated heterocycles. The van der Waals surface area contributed by atoms with Crippen molar-refractivity contribution in [2.45, 2.75) is 62.5 Å². The molecule has 80 heavy (non-hydrogen) atoms. The van der Waals surface area contributed by atoms with Gasteiger partial charge in [-0.1, -0.05) is 167 Å². The Balaban J connectivity index is -0.000000877. The highest BCUT2D eigenvalue weighted by Gasteiger charge is 2.16. The van der Waals surface area contributed by atoms with Gasteiger partial charge in [0.2, 0.25) is 0 Å². The molecule has 0 radical (unpaired) electrons. The first-order valence-corrected chi connectivity index (χ1v) is 26.7. The van der Waals surface area contributed by atoms with Crippen molar-refractivity contribution in [3.63, 3.8) is 0 Å². The first-order chi connectivity index (χ1) is 36.2. The third-order valence-corrected chi connectivity index (χ3v) is 10.8. The molecule has 0 atom stereocenters. The van der Waals surface area contributed by atoms with Gasteiger partial charge >= 0.3 is 0 Å². The Kier molecular flexibility index (Phi) is 49.3. The molecule has 0 saturated carbocycles. The van der Waals surface area contributed by atoms with E-state index in [1.807, 2.05) is 0 Å². The first-order valence-electron chi connectivity index (χ1n) is 24.1. The molecular weight excluding hydrogens is 1170 g/mol. The van der Waals surface area contributed by atoms with Gasteiger partial charge in [-0.25, -0.2) is 0 Å². The topological polar surface area (TPSA) is 370 Å². The lowest BCUT2D eigenvalue weighted by Crippen LogP contribution is -2.38. The van der Waals surface area contributed by atoms with Gasteiger partial charge in [-0.3, -0.25) is 29.0 Å². The molecule has 0 unspecified atom stereocenters. The molecule has 0 aliphatic carbocycles. The number of nitrogens with zero attached hydrogens (tertiary/aromatic N) is 2. The summed E-state index contributed by atoms with van der Waals surface area (Å²) in [5.74, 6) is -3.33. The van der Waals surface area contributed by atoms with Crippen LogP contribution in [-0.4, -0.2) is 173 Å². The van der Waals surface area contributed by atoms with E-state index in [9.17, 15) is 10.2 Å². The van der Waals surface area contributed by atoms with E-state index in [0.717, 1.165) is 106 Å². The number of halogens is 6. The molecule has 18 N–H and O–H groups in total. The summed E-state index contributed by atoms with van der Waals surface area (Å²) in [6, 6.07) is 35.3. The Morgan fingerprint density at radius 2 is 0.525 bits per heavy atom. The summed E-state index contributed by atoms with van der Waals surface area (Å²) in [6.07, 6.45) is 0. The van der Waals surface area contributed by atoms with Gasteiger partial charge in [-0.05, 0) is 65.3 Å². The quantitative estimate of drug-likeness (QED) is 0.0715. The van der Waals surface area contributed by atoms with E-state index in [2.05, 4.69) is 128 Å². The molecule has 452 valence electrons. The van der Waals surface area contributed by atoms with E-state index < -0.39 is 32.5 Å². The number of hydrogen-bond acceptors (Lipinski definition) is 12. The lowest BCUT2D eigenvalue weighted by Gasteiger charge is -2.24. The summed E-state index contributed by atoms with van der Waals surface area (Å²) < 4.78 is -1.50. The van der Waals surface area contributed by atoms with Gasteiger partial charge in [-0.2, -0.15) is 0 Å². The number of aliphatic hydroxyl groups is 2. The standard InChI is InChI=1S/C44H54N6O2.4C2H4O2.2CHCl3.4H2O/c51-27-25-49-21-17-45-29-41-33-9-1-2-10-34(33)42(36-12-4-3-11-35(36)41)30-46-18-22-50(26-28-52)24-20-48-32-44-39-15-7-5-13-37(39)43(31-47-19-23-49)38-14-6-8-16-40(38)44;4*1-2(3)4;2*2-1(3)4;;;;/h1-16,45-48,51-52H,17-32H2;4*1H3,(H,3,4);2*1H;4*1H2. The van der Waals surface area contributed by atoms with Crippen molar-refractivity contribution >= 4 is 137 Å². The molecule has 1 aliphatic rings. The van der Waals surface area contributed by atoms with E-state index in [1.165, 1.54) is 65.3 Å². The average molecular weight is 1250 g/mol. The zero-order valence-electron chi connectivity index (χ0n) is 45.2. The molecule has 7 rings (SSSR count). The van der Waals surface area contributed by atoms with Crippen LogP contribution in [0.25, 0.3) is 43.1 Å². The molecule has 4 bridgehead atoms. The molecule has 20 nitrogen and oxygen atoms in total. The van der Waals surface area contributed by atoms with Gasteiger partial charge in [0, 0.05) is 119 Å². The Morgan fingerprint density at radius 3 is 0.650 bits per heavy atom. The number of aliphatic hydroxyl groups excluding tert-OH is 2. The fraction of sp³-hybridized carbons (Fsp3) is 0.407. The number of hydrogen-bond donors (Lipinski definition) is 10. The lowest BCUT2D eigenvalue weighted by atomic mass is 9.91. The minimum atomic E-state index is -0.833. The zero-order chi connectivity index (χ0) is 57.0. The Hall–Kier alpha value is -4.50. The smallest absolute Gasteiger partial charge is 0.300 e. The second-order valence-corrected chi connectivity index (χ2v) is 20.5. The van der Waals surface area contributed by atoms with Gasteiger partial charge in [0.05, 0.1) is 13.2 Å². The van der Waals surface area contributed by atoms with Gasteiger partial charge in [0.1, 0.15) is 0 Å². The van der Waals surface area contributed by atoms with E-state index in [4.69, 9.17) is 109 Å². The third-order valence-electron chi connectivity index (χ3n) is 10.8. The highest BCUT2D eigenvalue weighted by molar-refractivity contribution is 6.63. The van der Waals surface area contributed by atoms with E-state index in [1.54, 1.807) is 0 Å². The molecular formula is C54H80Cl6N6O14. The zero-order valence-corrected chi connectivity index (χ0v) is 49.7. The number of aliphatic carboxylic acids is 4.